The minimum absolute atomic E-state index is 0.119. The second kappa shape index (κ2) is 8.73. The minimum atomic E-state index is -0.623. The van der Waals surface area contributed by atoms with E-state index in [2.05, 4.69) is 20.9 Å². The van der Waals surface area contributed by atoms with Crippen molar-refractivity contribution in [3.05, 3.63) is 61.9 Å². The van der Waals surface area contributed by atoms with Crippen LogP contribution >= 0.6 is 27.3 Å². The Kier molecular flexibility index (Phi) is 6.07. The molecular formula is C20H19BrFN3O3S. The van der Waals surface area contributed by atoms with Crippen LogP contribution in [0.3, 0.4) is 0 Å². The van der Waals surface area contributed by atoms with Gasteiger partial charge in [0.15, 0.2) is 17.6 Å². The zero-order chi connectivity index (χ0) is 20.4. The highest BCUT2D eigenvalue weighted by molar-refractivity contribution is 9.10. The maximum absolute atomic E-state index is 13.7. The number of esters is 1. The topological polar surface area (TPSA) is 64.0 Å². The summed E-state index contributed by atoms with van der Waals surface area (Å²) in [6, 6.07) is 3.77. The molecule has 1 fully saturated rings. The highest BCUT2D eigenvalue weighted by Gasteiger charge is 2.39. The normalized spacial score (nSPS) is 18.7. The number of aromatic nitrogens is 1. The predicted molar refractivity (Wildman–Crippen MR) is 111 cm³/mol. The van der Waals surface area contributed by atoms with E-state index in [-0.39, 0.29) is 12.6 Å². The summed E-state index contributed by atoms with van der Waals surface area (Å²) in [6.45, 7) is 2.92. The summed E-state index contributed by atoms with van der Waals surface area (Å²) < 4.78 is 24.8. The number of nitrogens with zero attached hydrogens (tertiary/aromatic N) is 3. The molecule has 152 valence electrons. The molecule has 0 aliphatic carbocycles. The number of ether oxygens (including phenoxy) is 2. The molecule has 4 rings (SSSR count). The van der Waals surface area contributed by atoms with Gasteiger partial charge in [0.25, 0.3) is 0 Å². The molecule has 0 amide bonds. The minimum Gasteiger partial charge on any atom is -0.435 e. The molecule has 1 unspecified atom stereocenters. The second-order valence-electron chi connectivity index (χ2n) is 6.52. The molecule has 0 N–H and O–H groups in total. The maximum Gasteiger partial charge on any atom is 0.340 e. The van der Waals surface area contributed by atoms with E-state index in [1.165, 1.54) is 23.5 Å². The molecule has 1 saturated heterocycles. The summed E-state index contributed by atoms with van der Waals surface area (Å²) in [5.74, 6) is -0.102. The van der Waals surface area contributed by atoms with E-state index in [4.69, 9.17) is 14.5 Å². The molecule has 0 radical (unpaired) electrons. The summed E-state index contributed by atoms with van der Waals surface area (Å²) in [7, 11) is 0. The van der Waals surface area contributed by atoms with Gasteiger partial charge in [-0.2, -0.15) is 0 Å². The number of aliphatic imine (C=N–C) groups is 1. The first kappa shape index (κ1) is 20.2. The molecule has 0 saturated carbocycles. The van der Waals surface area contributed by atoms with Gasteiger partial charge >= 0.3 is 5.97 Å². The molecule has 3 heterocycles. The molecule has 29 heavy (non-hydrogen) atoms. The number of allylic oxidation sites excluding steroid dienone is 1. The lowest BCUT2D eigenvalue weighted by molar-refractivity contribution is -0.151. The van der Waals surface area contributed by atoms with Crippen molar-refractivity contribution in [1.82, 2.24) is 9.88 Å². The standard InChI is InChI=1S/C20H19BrFN3O3S/c1-2-27-11-28-20(26)16-15-4-3-8-25(15)18(19-23-7-9-29-19)24-17(16)13-6-5-12(22)10-14(13)21/h5-7,9-10,17H,2-4,8,11H2,1H3. The zero-order valence-electron chi connectivity index (χ0n) is 15.7. The first-order chi connectivity index (χ1) is 14.1. The second-order valence-corrected chi connectivity index (χ2v) is 8.27. The third-order valence-corrected chi connectivity index (χ3v) is 6.25. The number of carbonyl (C=O) groups excluding carboxylic acids is 1. The average Bonchev–Trinajstić information content (AvgIpc) is 3.39. The Balaban J connectivity index is 1.81. The van der Waals surface area contributed by atoms with Gasteiger partial charge in [0, 0.05) is 34.9 Å². The van der Waals surface area contributed by atoms with E-state index >= 15 is 0 Å². The molecule has 1 atom stereocenters. The zero-order valence-corrected chi connectivity index (χ0v) is 18.1. The number of thiazole rings is 1. The molecule has 2 aliphatic rings. The Hall–Kier alpha value is -2.10. The van der Waals surface area contributed by atoms with Crippen LogP contribution in [-0.4, -0.2) is 41.6 Å². The third-order valence-electron chi connectivity index (χ3n) is 4.79. The van der Waals surface area contributed by atoms with Crippen LogP contribution in [0.2, 0.25) is 0 Å². The van der Waals surface area contributed by atoms with Crippen LogP contribution in [0.25, 0.3) is 0 Å². The largest absolute Gasteiger partial charge is 0.435 e. The fourth-order valence-electron chi connectivity index (χ4n) is 3.54. The molecule has 6 nitrogen and oxygen atoms in total. The van der Waals surface area contributed by atoms with Crippen LogP contribution in [0.15, 0.2) is 50.5 Å². The van der Waals surface area contributed by atoms with Gasteiger partial charge in [-0.05, 0) is 37.5 Å². The highest BCUT2D eigenvalue weighted by Crippen LogP contribution is 2.42. The van der Waals surface area contributed by atoms with Crippen molar-refractivity contribution in [1.29, 1.82) is 0 Å². The number of amidine groups is 1. The number of rotatable bonds is 6. The van der Waals surface area contributed by atoms with E-state index in [1.807, 2.05) is 17.2 Å². The van der Waals surface area contributed by atoms with Gasteiger partial charge in [0.05, 0.1) is 5.57 Å². The van der Waals surface area contributed by atoms with Crippen LogP contribution in [-0.2, 0) is 14.3 Å². The fraction of sp³-hybridized carbons (Fsp3) is 0.350. The van der Waals surface area contributed by atoms with Crippen LogP contribution < -0.4 is 0 Å². The van der Waals surface area contributed by atoms with Gasteiger partial charge < -0.3 is 14.4 Å². The SMILES string of the molecule is CCOCOC(=O)C1=C2CCCN2C(c2nccs2)=NC1c1ccc(F)cc1Br. The first-order valence-corrected chi connectivity index (χ1v) is 11.0. The molecule has 2 aromatic rings. The fourth-order valence-corrected chi connectivity index (χ4v) is 4.75. The third kappa shape index (κ3) is 3.99. The Morgan fingerprint density at radius 3 is 3.03 bits per heavy atom. The molecule has 1 aromatic heterocycles. The Labute approximate surface area is 180 Å². The number of hydrogen-bond donors (Lipinski definition) is 0. The summed E-state index contributed by atoms with van der Waals surface area (Å²) in [5, 5.41) is 2.68. The highest BCUT2D eigenvalue weighted by atomic mass is 79.9. The summed E-state index contributed by atoms with van der Waals surface area (Å²) in [6.07, 6.45) is 3.37. The van der Waals surface area contributed by atoms with E-state index in [9.17, 15) is 9.18 Å². The average molecular weight is 480 g/mol. The van der Waals surface area contributed by atoms with Gasteiger partial charge in [-0.1, -0.05) is 22.0 Å². The lowest BCUT2D eigenvalue weighted by Crippen LogP contribution is -2.35. The van der Waals surface area contributed by atoms with Crippen molar-refractivity contribution in [2.24, 2.45) is 4.99 Å². The van der Waals surface area contributed by atoms with Crippen molar-refractivity contribution < 1.29 is 18.7 Å². The smallest absolute Gasteiger partial charge is 0.340 e. The predicted octanol–water partition coefficient (Wildman–Crippen LogP) is 4.43. The molecule has 0 bridgehead atoms. The molecule has 1 aromatic carbocycles. The number of carbonyl (C=O) groups is 1. The number of fused-ring (bicyclic) bond motifs is 1. The van der Waals surface area contributed by atoms with Gasteiger partial charge in [-0.15, -0.1) is 11.3 Å². The van der Waals surface area contributed by atoms with Gasteiger partial charge in [-0.3, -0.25) is 4.99 Å². The molecule has 9 heteroatoms. The van der Waals surface area contributed by atoms with Crippen molar-refractivity contribution in [3.8, 4) is 0 Å². The van der Waals surface area contributed by atoms with Gasteiger partial charge in [0.2, 0.25) is 0 Å². The van der Waals surface area contributed by atoms with Crippen LogP contribution in [0.1, 0.15) is 36.4 Å². The quantitative estimate of drug-likeness (QED) is 0.348. The molecular weight excluding hydrogens is 461 g/mol. The Bertz CT molecular complexity index is 977. The van der Waals surface area contributed by atoms with E-state index in [0.717, 1.165) is 35.9 Å². The van der Waals surface area contributed by atoms with Gasteiger partial charge in [0.1, 0.15) is 11.9 Å². The monoisotopic (exact) mass is 479 g/mol. The van der Waals surface area contributed by atoms with Crippen LogP contribution in [0.5, 0.6) is 0 Å². The summed E-state index contributed by atoms with van der Waals surface area (Å²) in [5.41, 5.74) is 2.05. The number of hydrogen-bond acceptors (Lipinski definition) is 7. The van der Waals surface area contributed by atoms with E-state index in [1.54, 1.807) is 12.3 Å². The number of halogens is 2. The van der Waals surface area contributed by atoms with Crippen molar-refractivity contribution in [3.63, 3.8) is 0 Å². The maximum atomic E-state index is 13.7. The van der Waals surface area contributed by atoms with Crippen LogP contribution in [0.4, 0.5) is 4.39 Å². The Morgan fingerprint density at radius 1 is 1.45 bits per heavy atom. The van der Waals surface area contributed by atoms with E-state index < -0.39 is 12.0 Å². The lowest BCUT2D eigenvalue weighted by Gasteiger charge is -2.32. The van der Waals surface area contributed by atoms with Crippen molar-refractivity contribution in [2.45, 2.75) is 25.8 Å². The Morgan fingerprint density at radius 2 is 2.31 bits per heavy atom. The molecule has 0 spiro atoms. The van der Waals surface area contributed by atoms with Crippen molar-refractivity contribution >= 4 is 39.1 Å². The lowest BCUT2D eigenvalue weighted by atomic mass is 9.95. The first-order valence-electron chi connectivity index (χ1n) is 9.28. The summed E-state index contributed by atoms with van der Waals surface area (Å²) in [4.78, 5) is 24.4. The van der Waals surface area contributed by atoms with Gasteiger partial charge in [-0.25, -0.2) is 14.2 Å². The van der Waals surface area contributed by atoms with Crippen LogP contribution in [0, 0.1) is 5.82 Å². The number of benzene rings is 1. The molecule has 2 aliphatic heterocycles. The van der Waals surface area contributed by atoms with Crippen molar-refractivity contribution in [2.75, 3.05) is 19.9 Å². The van der Waals surface area contributed by atoms with E-state index in [0.29, 0.717) is 22.2 Å². The summed E-state index contributed by atoms with van der Waals surface area (Å²) >= 11 is 4.92.